The highest BCUT2D eigenvalue weighted by Gasteiger charge is 2.41. The second-order valence-corrected chi connectivity index (χ2v) is 6.64. The fourth-order valence-corrected chi connectivity index (χ4v) is 4.04. The van der Waals surface area contributed by atoms with Crippen molar-refractivity contribution in [2.45, 2.75) is 57.6 Å². The number of benzene rings is 1. The number of rotatable bonds is 4. The zero-order valence-electron chi connectivity index (χ0n) is 13.2. The van der Waals surface area contributed by atoms with Gasteiger partial charge in [-0.05, 0) is 42.9 Å². The van der Waals surface area contributed by atoms with Gasteiger partial charge in [-0.1, -0.05) is 31.9 Å². The topological polar surface area (TPSA) is 44.5 Å². The monoisotopic (exact) mass is 289 g/mol. The van der Waals surface area contributed by atoms with Crippen molar-refractivity contribution in [1.82, 2.24) is 0 Å². The van der Waals surface area contributed by atoms with Gasteiger partial charge in [0.05, 0.1) is 18.2 Å². The Balaban J connectivity index is 1.88. The zero-order valence-corrected chi connectivity index (χ0v) is 13.2. The molecule has 0 amide bonds. The van der Waals surface area contributed by atoms with Crippen LogP contribution in [0.1, 0.15) is 56.7 Å². The van der Waals surface area contributed by atoms with E-state index >= 15 is 0 Å². The standard InChI is InChI=1S/C18H27NO2/c1-3-21-18(9-4-5-13(2)12-18)17(19)15-6-7-16-14(11-15)8-10-20-16/h6-7,11,13,17H,3-5,8-10,12,19H2,1-2H3. The fourth-order valence-electron chi connectivity index (χ4n) is 4.04. The van der Waals surface area contributed by atoms with Gasteiger partial charge in [0.2, 0.25) is 0 Å². The zero-order chi connectivity index (χ0) is 14.9. The Morgan fingerprint density at radius 3 is 3.10 bits per heavy atom. The number of hydrogen-bond acceptors (Lipinski definition) is 3. The molecule has 21 heavy (non-hydrogen) atoms. The molecule has 116 valence electrons. The molecule has 2 N–H and O–H groups in total. The summed E-state index contributed by atoms with van der Waals surface area (Å²) in [5, 5.41) is 0. The van der Waals surface area contributed by atoms with Crippen LogP contribution in [0.2, 0.25) is 0 Å². The first-order chi connectivity index (χ1) is 10.1. The Morgan fingerprint density at radius 1 is 1.48 bits per heavy atom. The van der Waals surface area contributed by atoms with Gasteiger partial charge in [0.25, 0.3) is 0 Å². The van der Waals surface area contributed by atoms with Crippen LogP contribution in [0.15, 0.2) is 18.2 Å². The highest BCUT2D eigenvalue weighted by Crippen LogP contribution is 2.43. The first kappa shape index (κ1) is 14.9. The van der Waals surface area contributed by atoms with Gasteiger partial charge in [0.15, 0.2) is 0 Å². The predicted octanol–water partition coefficient (Wildman–Crippen LogP) is 3.61. The number of fused-ring (bicyclic) bond motifs is 1. The van der Waals surface area contributed by atoms with E-state index in [4.69, 9.17) is 15.2 Å². The molecule has 1 aliphatic carbocycles. The molecule has 3 heteroatoms. The largest absolute Gasteiger partial charge is 0.493 e. The summed E-state index contributed by atoms with van der Waals surface area (Å²) in [4.78, 5) is 0. The number of nitrogens with two attached hydrogens (primary N) is 1. The van der Waals surface area contributed by atoms with Crippen LogP contribution < -0.4 is 10.5 Å². The van der Waals surface area contributed by atoms with Crippen molar-refractivity contribution in [1.29, 1.82) is 0 Å². The van der Waals surface area contributed by atoms with Gasteiger partial charge in [0, 0.05) is 13.0 Å². The van der Waals surface area contributed by atoms with Crippen LogP contribution >= 0.6 is 0 Å². The van der Waals surface area contributed by atoms with Crippen LogP contribution in [-0.4, -0.2) is 18.8 Å². The maximum Gasteiger partial charge on any atom is 0.122 e. The summed E-state index contributed by atoms with van der Waals surface area (Å²) < 4.78 is 11.8. The van der Waals surface area contributed by atoms with Crippen LogP contribution in [0.3, 0.4) is 0 Å². The third kappa shape index (κ3) is 2.82. The van der Waals surface area contributed by atoms with E-state index in [1.54, 1.807) is 0 Å². The van der Waals surface area contributed by atoms with Crippen LogP contribution in [-0.2, 0) is 11.2 Å². The molecule has 0 aromatic heterocycles. The van der Waals surface area contributed by atoms with Gasteiger partial charge in [-0.2, -0.15) is 0 Å². The van der Waals surface area contributed by atoms with E-state index < -0.39 is 0 Å². The normalized spacial score (nSPS) is 29.8. The molecule has 1 aliphatic heterocycles. The minimum absolute atomic E-state index is 0.0499. The molecule has 3 unspecified atom stereocenters. The van der Waals surface area contributed by atoms with Crippen molar-refractivity contribution in [3.05, 3.63) is 29.3 Å². The molecule has 1 heterocycles. The first-order valence-electron chi connectivity index (χ1n) is 8.30. The van der Waals surface area contributed by atoms with Gasteiger partial charge >= 0.3 is 0 Å². The smallest absolute Gasteiger partial charge is 0.122 e. The molecular formula is C18H27NO2. The predicted molar refractivity (Wildman–Crippen MR) is 84.6 cm³/mol. The molecule has 1 aromatic rings. The van der Waals surface area contributed by atoms with E-state index in [1.807, 2.05) is 0 Å². The third-order valence-electron chi connectivity index (χ3n) is 5.06. The lowest BCUT2D eigenvalue weighted by Crippen LogP contribution is -2.47. The minimum atomic E-state index is -0.194. The van der Waals surface area contributed by atoms with Crippen LogP contribution in [0.5, 0.6) is 5.75 Å². The van der Waals surface area contributed by atoms with E-state index in [9.17, 15) is 0 Å². The third-order valence-corrected chi connectivity index (χ3v) is 5.06. The summed E-state index contributed by atoms with van der Waals surface area (Å²) in [5.41, 5.74) is 8.97. The quantitative estimate of drug-likeness (QED) is 0.921. The molecule has 3 atom stereocenters. The molecule has 0 radical (unpaired) electrons. The minimum Gasteiger partial charge on any atom is -0.493 e. The van der Waals surface area contributed by atoms with Crippen molar-refractivity contribution < 1.29 is 9.47 Å². The average Bonchev–Trinajstić information content (AvgIpc) is 2.94. The van der Waals surface area contributed by atoms with Crippen molar-refractivity contribution >= 4 is 0 Å². The second kappa shape index (κ2) is 5.98. The Morgan fingerprint density at radius 2 is 2.33 bits per heavy atom. The highest BCUT2D eigenvalue weighted by molar-refractivity contribution is 5.41. The average molecular weight is 289 g/mol. The summed E-state index contributed by atoms with van der Waals surface area (Å²) in [6, 6.07) is 6.37. The van der Waals surface area contributed by atoms with E-state index in [0.29, 0.717) is 5.92 Å². The van der Waals surface area contributed by atoms with E-state index in [0.717, 1.165) is 38.2 Å². The summed E-state index contributed by atoms with van der Waals surface area (Å²) in [7, 11) is 0. The van der Waals surface area contributed by atoms with E-state index in [2.05, 4.69) is 32.0 Å². The van der Waals surface area contributed by atoms with Crippen molar-refractivity contribution in [2.75, 3.05) is 13.2 Å². The van der Waals surface area contributed by atoms with Gasteiger partial charge in [-0.25, -0.2) is 0 Å². The highest BCUT2D eigenvalue weighted by atomic mass is 16.5. The molecular weight excluding hydrogens is 262 g/mol. The molecule has 0 bridgehead atoms. The molecule has 3 rings (SSSR count). The van der Waals surface area contributed by atoms with Crippen LogP contribution in [0.25, 0.3) is 0 Å². The lowest BCUT2D eigenvalue weighted by molar-refractivity contribution is -0.0938. The van der Waals surface area contributed by atoms with Crippen molar-refractivity contribution in [2.24, 2.45) is 11.7 Å². The Kier molecular flexibility index (Phi) is 4.23. The van der Waals surface area contributed by atoms with Gasteiger partial charge in [0.1, 0.15) is 5.75 Å². The first-order valence-corrected chi connectivity index (χ1v) is 8.30. The summed E-state index contributed by atoms with van der Waals surface area (Å²) in [6.45, 7) is 5.91. The van der Waals surface area contributed by atoms with Crippen molar-refractivity contribution in [3.8, 4) is 5.75 Å². The Labute approximate surface area is 127 Å². The number of hydrogen-bond donors (Lipinski definition) is 1. The summed E-state index contributed by atoms with van der Waals surface area (Å²) in [5.74, 6) is 1.71. The maximum atomic E-state index is 6.68. The summed E-state index contributed by atoms with van der Waals surface area (Å²) in [6.07, 6.45) is 5.63. The maximum absolute atomic E-state index is 6.68. The van der Waals surface area contributed by atoms with E-state index in [-0.39, 0.29) is 11.6 Å². The molecule has 1 aromatic carbocycles. The molecule has 1 saturated carbocycles. The van der Waals surface area contributed by atoms with Gasteiger partial charge in [-0.3, -0.25) is 0 Å². The lowest BCUT2D eigenvalue weighted by atomic mass is 9.73. The second-order valence-electron chi connectivity index (χ2n) is 6.64. The molecule has 2 aliphatic rings. The lowest BCUT2D eigenvalue weighted by Gasteiger charge is -2.44. The van der Waals surface area contributed by atoms with Gasteiger partial charge < -0.3 is 15.2 Å². The molecule has 3 nitrogen and oxygen atoms in total. The van der Waals surface area contributed by atoms with Crippen molar-refractivity contribution in [3.63, 3.8) is 0 Å². The Hall–Kier alpha value is -1.06. The van der Waals surface area contributed by atoms with Crippen LogP contribution in [0.4, 0.5) is 0 Å². The molecule has 0 spiro atoms. The SMILES string of the molecule is CCOC1(C(N)c2ccc3c(c2)CCO3)CCCC(C)C1. The molecule has 1 fully saturated rings. The number of ether oxygens (including phenoxy) is 2. The Bertz CT molecular complexity index is 498. The van der Waals surface area contributed by atoms with Crippen LogP contribution in [0, 0.1) is 5.92 Å². The summed E-state index contributed by atoms with van der Waals surface area (Å²) >= 11 is 0. The molecule has 0 saturated heterocycles. The van der Waals surface area contributed by atoms with E-state index in [1.165, 1.54) is 24.0 Å². The fraction of sp³-hybridized carbons (Fsp3) is 0.667. The van der Waals surface area contributed by atoms with Gasteiger partial charge in [-0.15, -0.1) is 0 Å².